The monoisotopic (exact) mass is 265 g/mol. The van der Waals surface area contributed by atoms with Crippen molar-refractivity contribution >= 4 is 0 Å². The number of hydrogen-bond acceptors (Lipinski definition) is 4. The summed E-state index contributed by atoms with van der Waals surface area (Å²) in [6.45, 7) is 3.25. The molecule has 4 nitrogen and oxygen atoms in total. The van der Waals surface area contributed by atoms with Gasteiger partial charge < -0.3 is 19.9 Å². The first-order chi connectivity index (χ1) is 9.29. The van der Waals surface area contributed by atoms with E-state index >= 15 is 0 Å². The van der Waals surface area contributed by atoms with Gasteiger partial charge in [0.15, 0.2) is 0 Å². The maximum Gasteiger partial charge on any atom is 0.119 e. The fourth-order valence-corrected chi connectivity index (χ4v) is 2.34. The number of ether oxygens (including phenoxy) is 2. The van der Waals surface area contributed by atoms with Crippen molar-refractivity contribution in [2.75, 3.05) is 33.4 Å². The summed E-state index contributed by atoms with van der Waals surface area (Å²) in [6, 6.07) is 7.58. The van der Waals surface area contributed by atoms with Crippen molar-refractivity contribution in [3.05, 3.63) is 29.8 Å². The molecule has 106 valence electrons. The number of hydrogen-bond donors (Lipinski definition) is 2. The molecule has 0 aliphatic carbocycles. The Morgan fingerprint density at radius 2 is 2.21 bits per heavy atom. The summed E-state index contributed by atoms with van der Waals surface area (Å²) in [7, 11) is 1.63. The molecule has 0 aromatic heterocycles. The molecule has 0 amide bonds. The highest BCUT2D eigenvalue weighted by Gasteiger charge is 2.14. The van der Waals surface area contributed by atoms with Crippen LogP contribution in [0, 0.1) is 5.92 Å². The van der Waals surface area contributed by atoms with Gasteiger partial charge in [-0.3, -0.25) is 0 Å². The lowest BCUT2D eigenvalue weighted by Crippen LogP contribution is -2.30. The quantitative estimate of drug-likeness (QED) is 0.822. The van der Waals surface area contributed by atoms with Gasteiger partial charge in [0, 0.05) is 19.8 Å². The van der Waals surface area contributed by atoms with E-state index in [1.807, 2.05) is 24.3 Å². The summed E-state index contributed by atoms with van der Waals surface area (Å²) in [5.74, 6) is 1.45. The SMILES string of the molecule is COc1cccc(C(O)CNCC2CCOCC2)c1. The van der Waals surface area contributed by atoms with Gasteiger partial charge in [-0.15, -0.1) is 0 Å². The first-order valence-electron chi connectivity index (χ1n) is 6.90. The molecular formula is C15H23NO3. The second-order valence-corrected chi connectivity index (χ2v) is 5.01. The lowest BCUT2D eigenvalue weighted by atomic mass is 10.0. The third-order valence-electron chi connectivity index (χ3n) is 3.59. The fraction of sp³-hybridized carbons (Fsp3) is 0.600. The van der Waals surface area contributed by atoms with Crippen molar-refractivity contribution in [3.63, 3.8) is 0 Å². The van der Waals surface area contributed by atoms with Crippen LogP contribution in [-0.2, 0) is 4.74 Å². The predicted molar refractivity (Wildman–Crippen MR) is 74.4 cm³/mol. The van der Waals surface area contributed by atoms with Gasteiger partial charge in [-0.2, -0.15) is 0 Å². The zero-order valence-corrected chi connectivity index (χ0v) is 11.5. The van der Waals surface area contributed by atoms with Gasteiger partial charge in [0.2, 0.25) is 0 Å². The van der Waals surface area contributed by atoms with Crippen molar-refractivity contribution in [1.29, 1.82) is 0 Å². The molecule has 1 atom stereocenters. The average molecular weight is 265 g/mol. The summed E-state index contributed by atoms with van der Waals surface area (Å²) < 4.78 is 10.5. The minimum Gasteiger partial charge on any atom is -0.497 e. The van der Waals surface area contributed by atoms with Gasteiger partial charge in [-0.05, 0) is 43.0 Å². The molecule has 1 heterocycles. The molecule has 1 aliphatic heterocycles. The van der Waals surface area contributed by atoms with E-state index in [0.29, 0.717) is 12.5 Å². The number of aliphatic hydroxyl groups is 1. The molecule has 2 rings (SSSR count). The van der Waals surface area contributed by atoms with Crippen LogP contribution in [0.2, 0.25) is 0 Å². The number of aliphatic hydroxyl groups excluding tert-OH is 1. The van der Waals surface area contributed by atoms with Crippen LogP contribution in [0.15, 0.2) is 24.3 Å². The van der Waals surface area contributed by atoms with E-state index in [0.717, 1.165) is 43.9 Å². The second-order valence-electron chi connectivity index (χ2n) is 5.01. The van der Waals surface area contributed by atoms with Crippen LogP contribution < -0.4 is 10.1 Å². The molecule has 1 saturated heterocycles. The first kappa shape index (κ1) is 14.3. The molecular weight excluding hydrogens is 242 g/mol. The Kier molecular flexibility index (Phi) is 5.63. The van der Waals surface area contributed by atoms with Crippen LogP contribution in [0.5, 0.6) is 5.75 Å². The molecule has 0 radical (unpaired) electrons. The Labute approximate surface area is 114 Å². The summed E-state index contributed by atoms with van der Waals surface area (Å²) in [6.07, 6.45) is 1.74. The van der Waals surface area contributed by atoms with Gasteiger partial charge in [0.25, 0.3) is 0 Å². The lowest BCUT2D eigenvalue weighted by molar-refractivity contribution is 0.0649. The van der Waals surface area contributed by atoms with E-state index in [-0.39, 0.29) is 0 Å². The second kappa shape index (κ2) is 7.48. The smallest absolute Gasteiger partial charge is 0.119 e. The molecule has 1 aromatic rings. The zero-order chi connectivity index (χ0) is 13.5. The molecule has 1 unspecified atom stereocenters. The van der Waals surface area contributed by atoms with Crippen molar-refractivity contribution in [1.82, 2.24) is 5.32 Å². The predicted octanol–water partition coefficient (Wildman–Crippen LogP) is 1.74. The fourth-order valence-electron chi connectivity index (χ4n) is 2.34. The molecule has 0 saturated carbocycles. The maximum absolute atomic E-state index is 10.1. The summed E-state index contributed by atoms with van der Waals surface area (Å²) in [5, 5.41) is 13.5. The Morgan fingerprint density at radius 3 is 2.95 bits per heavy atom. The molecule has 1 aromatic carbocycles. The first-order valence-corrected chi connectivity index (χ1v) is 6.90. The van der Waals surface area contributed by atoms with E-state index in [2.05, 4.69) is 5.32 Å². The summed E-state index contributed by atoms with van der Waals surface area (Å²) >= 11 is 0. The van der Waals surface area contributed by atoms with Gasteiger partial charge >= 0.3 is 0 Å². The van der Waals surface area contributed by atoms with E-state index in [1.54, 1.807) is 7.11 Å². The van der Waals surface area contributed by atoms with Crippen molar-refractivity contribution in [2.45, 2.75) is 18.9 Å². The topological polar surface area (TPSA) is 50.7 Å². The van der Waals surface area contributed by atoms with Crippen LogP contribution in [0.25, 0.3) is 0 Å². The summed E-state index contributed by atoms with van der Waals surface area (Å²) in [4.78, 5) is 0. The zero-order valence-electron chi connectivity index (χ0n) is 11.5. The van der Waals surface area contributed by atoms with E-state index in [9.17, 15) is 5.11 Å². The third-order valence-corrected chi connectivity index (χ3v) is 3.59. The highest BCUT2D eigenvalue weighted by atomic mass is 16.5. The lowest BCUT2D eigenvalue weighted by Gasteiger charge is -2.23. The molecule has 0 spiro atoms. The van der Waals surface area contributed by atoms with Gasteiger partial charge in [0.05, 0.1) is 13.2 Å². The number of methoxy groups -OCH3 is 1. The Hall–Kier alpha value is -1.10. The molecule has 1 aliphatic rings. The average Bonchev–Trinajstić information content (AvgIpc) is 2.48. The largest absolute Gasteiger partial charge is 0.497 e. The van der Waals surface area contributed by atoms with Crippen molar-refractivity contribution < 1.29 is 14.6 Å². The number of nitrogens with one attached hydrogen (secondary N) is 1. The van der Waals surface area contributed by atoms with Crippen LogP contribution >= 0.6 is 0 Å². The maximum atomic E-state index is 10.1. The van der Waals surface area contributed by atoms with Crippen LogP contribution in [0.1, 0.15) is 24.5 Å². The summed E-state index contributed by atoms with van der Waals surface area (Å²) in [5.41, 5.74) is 0.888. The Balaban J connectivity index is 1.75. The minimum atomic E-state index is -0.491. The van der Waals surface area contributed by atoms with Gasteiger partial charge in [-0.1, -0.05) is 12.1 Å². The molecule has 4 heteroatoms. The van der Waals surface area contributed by atoms with Gasteiger partial charge in [0.1, 0.15) is 5.75 Å². The number of rotatable bonds is 6. The Morgan fingerprint density at radius 1 is 1.42 bits per heavy atom. The van der Waals surface area contributed by atoms with Crippen LogP contribution in [0.4, 0.5) is 0 Å². The standard InChI is InChI=1S/C15H23NO3/c1-18-14-4-2-3-13(9-14)15(17)11-16-10-12-5-7-19-8-6-12/h2-4,9,12,15-17H,5-8,10-11H2,1H3. The third kappa shape index (κ3) is 4.49. The highest BCUT2D eigenvalue weighted by Crippen LogP contribution is 2.19. The molecule has 2 N–H and O–H groups in total. The molecule has 0 bridgehead atoms. The highest BCUT2D eigenvalue weighted by molar-refractivity contribution is 5.29. The van der Waals surface area contributed by atoms with E-state index in [4.69, 9.17) is 9.47 Å². The minimum absolute atomic E-state index is 0.491. The van der Waals surface area contributed by atoms with E-state index < -0.39 is 6.10 Å². The molecule has 19 heavy (non-hydrogen) atoms. The Bertz CT molecular complexity index is 377. The van der Waals surface area contributed by atoms with E-state index in [1.165, 1.54) is 0 Å². The van der Waals surface area contributed by atoms with Crippen molar-refractivity contribution in [2.24, 2.45) is 5.92 Å². The number of benzene rings is 1. The van der Waals surface area contributed by atoms with Crippen molar-refractivity contribution in [3.8, 4) is 5.75 Å². The van der Waals surface area contributed by atoms with Gasteiger partial charge in [-0.25, -0.2) is 0 Å². The van der Waals surface area contributed by atoms with Crippen LogP contribution in [0.3, 0.4) is 0 Å². The molecule has 1 fully saturated rings. The normalized spacial score (nSPS) is 18.2. The van der Waals surface area contributed by atoms with Crippen LogP contribution in [-0.4, -0.2) is 38.5 Å².